The van der Waals surface area contributed by atoms with E-state index in [4.69, 9.17) is 9.97 Å². The van der Waals surface area contributed by atoms with Crippen molar-refractivity contribution in [3.05, 3.63) is 394 Å². The monoisotopic (exact) mass is 1330 g/mol. The summed E-state index contributed by atoms with van der Waals surface area (Å²) in [6, 6.07) is 141. The van der Waals surface area contributed by atoms with Gasteiger partial charge in [-0.2, -0.15) is 0 Å². The highest BCUT2D eigenvalue weighted by atomic mass is 15.1. The molecule has 3 nitrogen and oxygen atoms in total. The summed E-state index contributed by atoms with van der Waals surface area (Å²) in [5, 5.41) is 22.4. The molecule has 0 aliphatic heterocycles. The van der Waals surface area contributed by atoms with E-state index in [2.05, 4.69) is 393 Å². The van der Waals surface area contributed by atoms with Crippen molar-refractivity contribution in [3.8, 4) is 95.1 Å². The number of pyridine rings is 1. The van der Waals surface area contributed by atoms with Crippen molar-refractivity contribution < 1.29 is 0 Å². The maximum atomic E-state index is 5.12. The van der Waals surface area contributed by atoms with E-state index in [9.17, 15) is 0 Å². The summed E-state index contributed by atoms with van der Waals surface area (Å²) in [7, 11) is 0. The zero-order chi connectivity index (χ0) is 69.3. The highest BCUT2D eigenvalue weighted by Crippen LogP contribution is 2.49. The third-order valence-corrected chi connectivity index (χ3v) is 21.4. The van der Waals surface area contributed by atoms with Gasteiger partial charge in [-0.15, -0.1) is 0 Å². The Hall–Kier alpha value is -13.9. The highest BCUT2D eigenvalue weighted by molar-refractivity contribution is 6.24. The fourth-order valence-corrected chi connectivity index (χ4v) is 16.3. The molecule has 0 atom stereocenters. The van der Waals surface area contributed by atoms with Crippen LogP contribution in [0.2, 0.25) is 0 Å². The van der Waals surface area contributed by atoms with E-state index in [-0.39, 0.29) is 0 Å². The molecular weight excluding hydrogens is 1270 g/mol. The number of fused-ring (bicyclic) bond motifs is 10. The second-order valence-corrected chi connectivity index (χ2v) is 27.5. The van der Waals surface area contributed by atoms with Crippen LogP contribution in [0.1, 0.15) is 0 Å². The lowest BCUT2D eigenvalue weighted by Gasteiger charge is -2.19. The molecule has 0 spiro atoms. The summed E-state index contributed by atoms with van der Waals surface area (Å²) in [6.45, 7) is 0. The second kappa shape index (κ2) is 25.6. The van der Waals surface area contributed by atoms with Crippen molar-refractivity contribution in [2.75, 3.05) is 0 Å². The van der Waals surface area contributed by atoms with Gasteiger partial charge >= 0.3 is 0 Å². The average molecular weight is 1330 g/mol. The molecule has 0 saturated heterocycles. The lowest BCUT2D eigenvalue weighted by molar-refractivity contribution is 1.10. The normalized spacial score (nSPS) is 11.6. The van der Waals surface area contributed by atoms with E-state index in [1.807, 2.05) is 6.20 Å². The molecule has 0 amide bonds. The maximum Gasteiger partial charge on any atom is 0.145 e. The van der Waals surface area contributed by atoms with Crippen molar-refractivity contribution in [1.82, 2.24) is 14.5 Å². The first kappa shape index (κ1) is 61.0. The molecule has 0 fully saturated rings. The zero-order valence-corrected chi connectivity index (χ0v) is 57.4. The zero-order valence-electron chi connectivity index (χ0n) is 57.4. The van der Waals surface area contributed by atoms with Crippen LogP contribution in [0.15, 0.2) is 394 Å². The molecule has 488 valence electrons. The number of para-hydroxylation sites is 3. The third-order valence-electron chi connectivity index (χ3n) is 21.4. The fraction of sp³-hybridized carbons (Fsp3) is 0. The molecule has 0 aliphatic carbocycles. The maximum absolute atomic E-state index is 5.12. The summed E-state index contributed by atoms with van der Waals surface area (Å²) in [4.78, 5) is 10.1. The molecule has 3 heteroatoms. The molecule has 2 aromatic heterocycles. The molecule has 21 rings (SSSR count). The molecule has 19 aromatic carbocycles. The molecule has 0 bridgehead atoms. The summed E-state index contributed by atoms with van der Waals surface area (Å²) in [5.74, 6) is 0.933. The molecule has 0 saturated carbocycles. The van der Waals surface area contributed by atoms with Gasteiger partial charge in [0.15, 0.2) is 0 Å². The van der Waals surface area contributed by atoms with Gasteiger partial charge in [-0.1, -0.05) is 315 Å². The van der Waals surface area contributed by atoms with Gasteiger partial charge in [0.05, 0.1) is 16.7 Å². The van der Waals surface area contributed by atoms with E-state index in [0.717, 1.165) is 56.1 Å². The minimum atomic E-state index is 0.933. The van der Waals surface area contributed by atoms with Crippen LogP contribution in [0.5, 0.6) is 0 Å². The van der Waals surface area contributed by atoms with Gasteiger partial charge in [0.25, 0.3) is 0 Å². The Labute approximate surface area is 608 Å². The van der Waals surface area contributed by atoms with Gasteiger partial charge < -0.3 is 0 Å². The van der Waals surface area contributed by atoms with Gasteiger partial charge in [0.1, 0.15) is 5.82 Å². The first-order valence-corrected chi connectivity index (χ1v) is 36.1. The van der Waals surface area contributed by atoms with Gasteiger partial charge in [0.2, 0.25) is 0 Å². The lowest BCUT2D eigenvalue weighted by Crippen LogP contribution is -1.97. The van der Waals surface area contributed by atoms with Crippen LogP contribution in [0.25, 0.3) is 203 Å². The second-order valence-electron chi connectivity index (χ2n) is 27.5. The third kappa shape index (κ3) is 10.9. The molecule has 21 aromatic rings. The minimum Gasteiger partial charge on any atom is -0.292 e. The van der Waals surface area contributed by atoms with Crippen molar-refractivity contribution in [2.24, 2.45) is 0 Å². The average Bonchev–Trinajstić information content (AvgIpc) is 1.67. The predicted octanol–water partition coefficient (Wildman–Crippen LogP) is 27.8. The van der Waals surface area contributed by atoms with E-state index < -0.39 is 0 Å². The van der Waals surface area contributed by atoms with Crippen molar-refractivity contribution in [3.63, 3.8) is 0 Å². The Balaban J connectivity index is 0.000000140. The van der Waals surface area contributed by atoms with Gasteiger partial charge in [0, 0.05) is 28.6 Å². The number of hydrogen-bond donors (Lipinski definition) is 0. The number of aromatic nitrogens is 3. The molecule has 105 heavy (non-hydrogen) atoms. The largest absolute Gasteiger partial charge is 0.292 e. The number of rotatable bonds is 9. The number of nitrogens with zero attached hydrogens (tertiary/aromatic N) is 3. The van der Waals surface area contributed by atoms with Crippen molar-refractivity contribution in [2.45, 2.75) is 0 Å². The molecular formula is C102H65N3. The summed E-state index contributed by atoms with van der Waals surface area (Å²) in [6.07, 6.45) is 2.02. The first-order chi connectivity index (χ1) is 52.0. The molecule has 0 N–H and O–H groups in total. The number of hydrogen-bond acceptors (Lipinski definition) is 2. The quantitative estimate of drug-likeness (QED) is 0.135. The highest BCUT2D eigenvalue weighted by Gasteiger charge is 2.22. The predicted molar refractivity (Wildman–Crippen MR) is 446 cm³/mol. The van der Waals surface area contributed by atoms with E-state index in [1.165, 1.54) is 147 Å². The minimum absolute atomic E-state index is 0.933. The summed E-state index contributed by atoms with van der Waals surface area (Å²) < 4.78 is 2.26. The van der Waals surface area contributed by atoms with Crippen LogP contribution >= 0.6 is 0 Å². The van der Waals surface area contributed by atoms with Crippen molar-refractivity contribution in [1.29, 1.82) is 0 Å². The van der Waals surface area contributed by atoms with Gasteiger partial charge in [-0.25, -0.2) is 4.98 Å². The number of benzene rings is 19. The topological polar surface area (TPSA) is 30.7 Å². The SMILES string of the molecule is c1ccc(-n2c(-c3ccc(-c4ccc5c(-c6ccc7ccccc7c6)c6ccccc6c(-c6ccc7ccccc7c6)c5c4)cc3)nc3ccccc32)cc1.c1ccc2cc(-c3ccc(-c4ccc5c(-c6ccc7ccccc7c6)c6ccccc6c(-c6ccc7ccccc7c6)c5c4)cn3)ccc2c1. The number of imidazole rings is 1. The fourth-order valence-electron chi connectivity index (χ4n) is 16.3. The Morgan fingerprint density at radius 1 is 0.190 bits per heavy atom. The van der Waals surface area contributed by atoms with E-state index in [0.29, 0.717) is 0 Å². The Bertz CT molecular complexity index is 7010. The molecule has 0 unspecified atom stereocenters. The smallest absolute Gasteiger partial charge is 0.145 e. The Kier molecular flexibility index (Phi) is 14.9. The van der Waals surface area contributed by atoms with Crippen LogP contribution in [-0.4, -0.2) is 14.5 Å². The van der Waals surface area contributed by atoms with Crippen LogP contribution in [0, 0.1) is 0 Å². The van der Waals surface area contributed by atoms with Crippen molar-refractivity contribution >= 4 is 108 Å². The van der Waals surface area contributed by atoms with E-state index in [1.54, 1.807) is 0 Å². The first-order valence-electron chi connectivity index (χ1n) is 36.1. The van der Waals surface area contributed by atoms with Gasteiger partial charge in [-0.3, -0.25) is 9.55 Å². The van der Waals surface area contributed by atoms with E-state index >= 15 is 0 Å². The molecule has 0 radical (unpaired) electrons. The lowest BCUT2D eigenvalue weighted by atomic mass is 9.84. The van der Waals surface area contributed by atoms with Crippen LogP contribution < -0.4 is 0 Å². The Morgan fingerprint density at radius 3 is 0.933 bits per heavy atom. The van der Waals surface area contributed by atoms with Crippen LogP contribution in [0.4, 0.5) is 0 Å². The standard InChI is InChI=1S/C53H34N2.C49H31N/c1-2-16-44(17-3-1)55-50-21-11-10-20-49(50)54-53(55)38-26-22-37(23-27-38)41-30-31-47-48(34-41)52(43-29-25-36-13-5-7-15-40(36)33-43)46-19-9-8-18-45(46)51(47)42-28-24-35-12-4-6-14-39(35)32-42;1-4-12-35-27-39(20-17-32(35)9-1)47-26-24-42(31-50-47)38-23-25-45-46(30-38)49(41-22-19-34-11-3-6-14-37(34)29-41)44-16-8-7-15-43(44)48(45)40-21-18-33-10-2-5-13-36(33)28-40/h1-34H;1-31H. The molecule has 0 aliphatic rings. The van der Waals surface area contributed by atoms with Crippen LogP contribution in [-0.2, 0) is 0 Å². The van der Waals surface area contributed by atoms with Crippen LogP contribution in [0.3, 0.4) is 0 Å². The Morgan fingerprint density at radius 2 is 0.505 bits per heavy atom. The summed E-state index contributed by atoms with van der Waals surface area (Å²) >= 11 is 0. The van der Waals surface area contributed by atoms with Gasteiger partial charge in [-0.05, 0) is 231 Å². The summed E-state index contributed by atoms with van der Waals surface area (Å²) in [5.41, 5.74) is 20.9. The molecule has 2 heterocycles.